The zero-order chi connectivity index (χ0) is 15.9. The molecule has 0 bridgehead atoms. The van der Waals surface area contributed by atoms with E-state index in [9.17, 15) is 4.79 Å². The lowest BCUT2D eigenvalue weighted by molar-refractivity contribution is -0.122. The van der Waals surface area contributed by atoms with Gasteiger partial charge in [-0.15, -0.1) is 0 Å². The van der Waals surface area contributed by atoms with Crippen molar-refractivity contribution >= 4 is 5.91 Å². The molecule has 0 aromatic heterocycles. The van der Waals surface area contributed by atoms with Gasteiger partial charge in [-0.3, -0.25) is 4.79 Å². The van der Waals surface area contributed by atoms with Crippen LogP contribution in [-0.2, 0) is 4.79 Å². The average Bonchev–Trinajstić information content (AvgIpc) is 2.44. The second-order valence-corrected chi connectivity index (χ2v) is 7.39. The fourth-order valence-electron chi connectivity index (χ4n) is 3.52. The molecule has 0 aromatic carbocycles. The molecule has 1 amide bonds. The lowest BCUT2D eigenvalue weighted by Gasteiger charge is -2.43. The Morgan fingerprint density at radius 3 is 2.33 bits per heavy atom. The quantitative estimate of drug-likeness (QED) is 0.723. The summed E-state index contributed by atoms with van der Waals surface area (Å²) in [5, 5.41) is 3.18. The molecule has 0 aliphatic heterocycles. The van der Waals surface area contributed by atoms with E-state index in [0.29, 0.717) is 24.8 Å². The number of hydrogen-bond acceptors (Lipinski definition) is 3. The van der Waals surface area contributed by atoms with Crippen LogP contribution in [0, 0.1) is 11.8 Å². The third-order valence-corrected chi connectivity index (χ3v) is 4.96. The van der Waals surface area contributed by atoms with Crippen LogP contribution in [0.2, 0.25) is 0 Å². The van der Waals surface area contributed by atoms with Gasteiger partial charge in [0.1, 0.15) is 0 Å². The average molecular weight is 297 g/mol. The topological polar surface area (TPSA) is 58.4 Å². The van der Waals surface area contributed by atoms with Crippen molar-refractivity contribution in [3.8, 4) is 0 Å². The zero-order valence-electron chi connectivity index (χ0n) is 14.5. The van der Waals surface area contributed by atoms with Gasteiger partial charge in [0.15, 0.2) is 0 Å². The first-order valence-electron chi connectivity index (χ1n) is 8.54. The SMILES string of the molecule is CC(C)C[C@H](CN)CC(=O)NCC1(N(C)C)CCCCC1. The van der Waals surface area contributed by atoms with Gasteiger partial charge in [0.2, 0.25) is 5.91 Å². The van der Waals surface area contributed by atoms with Crippen LogP contribution >= 0.6 is 0 Å². The van der Waals surface area contributed by atoms with Gasteiger partial charge in [0.25, 0.3) is 0 Å². The lowest BCUT2D eigenvalue weighted by atomic mass is 9.80. The van der Waals surface area contributed by atoms with Crippen molar-refractivity contribution in [3.05, 3.63) is 0 Å². The second kappa shape index (κ2) is 8.74. The van der Waals surface area contributed by atoms with Gasteiger partial charge in [-0.25, -0.2) is 0 Å². The molecule has 0 aromatic rings. The van der Waals surface area contributed by atoms with Gasteiger partial charge in [-0.05, 0) is 51.7 Å². The van der Waals surface area contributed by atoms with E-state index >= 15 is 0 Å². The molecule has 1 fully saturated rings. The Hall–Kier alpha value is -0.610. The van der Waals surface area contributed by atoms with Crippen LogP contribution in [0.15, 0.2) is 0 Å². The van der Waals surface area contributed by atoms with Crippen molar-refractivity contribution in [3.63, 3.8) is 0 Å². The third kappa shape index (κ3) is 5.95. The van der Waals surface area contributed by atoms with Crippen LogP contribution in [0.1, 0.15) is 58.8 Å². The molecule has 4 nitrogen and oxygen atoms in total. The standard InChI is InChI=1S/C17H35N3O/c1-14(2)10-15(12-18)11-16(21)19-13-17(20(3)4)8-6-5-7-9-17/h14-15H,5-13,18H2,1-4H3,(H,19,21)/t15-/m0/s1. The Morgan fingerprint density at radius 2 is 1.86 bits per heavy atom. The Kier molecular flexibility index (Phi) is 7.67. The number of carbonyl (C=O) groups is 1. The maximum Gasteiger partial charge on any atom is 0.220 e. The predicted octanol–water partition coefficient (Wildman–Crippen LogP) is 2.38. The van der Waals surface area contributed by atoms with Gasteiger partial charge >= 0.3 is 0 Å². The smallest absolute Gasteiger partial charge is 0.220 e. The van der Waals surface area contributed by atoms with E-state index < -0.39 is 0 Å². The van der Waals surface area contributed by atoms with Crippen molar-refractivity contribution in [2.24, 2.45) is 17.6 Å². The monoisotopic (exact) mass is 297 g/mol. The molecule has 1 aliphatic carbocycles. The minimum absolute atomic E-state index is 0.157. The van der Waals surface area contributed by atoms with Crippen LogP contribution < -0.4 is 11.1 Å². The largest absolute Gasteiger partial charge is 0.354 e. The summed E-state index contributed by atoms with van der Waals surface area (Å²) in [4.78, 5) is 14.5. The summed E-state index contributed by atoms with van der Waals surface area (Å²) < 4.78 is 0. The molecule has 0 radical (unpaired) electrons. The Labute approximate surface area is 130 Å². The number of hydrogen-bond donors (Lipinski definition) is 2. The molecule has 1 saturated carbocycles. The van der Waals surface area contributed by atoms with Crippen molar-refractivity contribution in [2.45, 2.75) is 64.3 Å². The summed E-state index contributed by atoms with van der Waals surface area (Å²) in [5.74, 6) is 1.07. The third-order valence-electron chi connectivity index (χ3n) is 4.96. The molecule has 0 saturated heterocycles. The fourth-order valence-corrected chi connectivity index (χ4v) is 3.52. The van der Waals surface area contributed by atoms with E-state index in [2.05, 4.69) is 38.2 Å². The van der Waals surface area contributed by atoms with E-state index in [0.717, 1.165) is 13.0 Å². The number of nitrogens with one attached hydrogen (secondary N) is 1. The molecule has 0 unspecified atom stereocenters. The molecule has 3 N–H and O–H groups in total. The first-order valence-corrected chi connectivity index (χ1v) is 8.54. The minimum Gasteiger partial charge on any atom is -0.354 e. The van der Waals surface area contributed by atoms with E-state index in [1.165, 1.54) is 32.1 Å². The molecule has 0 spiro atoms. The van der Waals surface area contributed by atoms with Gasteiger partial charge < -0.3 is 16.0 Å². The number of amides is 1. The highest BCUT2D eigenvalue weighted by atomic mass is 16.1. The number of nitrogens with zero attached hydrogens (tertiary/aromatic N) is 1. The van der Waals surface area contributed by atoms with E-state index in [4.69, 9.17) is 5.73 Å². The summed E-state index contributed by atoms with van der Waals surface area (Å²) in [7, 11) is 4.28. The summed E-state index contributed by atoms with van der Waals surface area (Å²) in [6.45, 7) is 5.75. The van der Waals surface area contributed by atoms with Crippen LogP contribution in [0.3, 0.4) is 0 Å². The molecular formula is C17H35N3O. The van der Waals surface area contributed by atoms with Crippen molar-refractivity contribution in [1.82, 2.24) is 10.2 Å². The molecule has 1 atom stereocenters. The highest BCUT2D eigenvalue weighted by Crippen LogP contribution is 2.31. The fraction of sp³-hybridized carbons (Fsp3) is 0.941. The van der Waals surface area contributed by atoms with E-state index in [1.807, 2.05) is 0 Å². The van der Waals surface area contributed by atoms with Crippen molar-refractivity contribution in [1.29, 1.82) is 0 Å². The van der Waals surface area contributed by atoms with Crippen molar-refractivity contribution in [2.75, 3.05) is 27.2 Å². The molecule has 4 heteroatoms. The second-order valence-electron chi connectivity index (χ2n) is 7.39. The Balaban J connectivity index is 2.46. The molecular weight excluding hydrogens is 262 g/mol. The maximum atomic E-state index is 12.2. The molecule has 0 heterocycles. The highest BCUT2D eigenvalue weighted by Gasteiger charge is 2.34. The molecule has 21 heavy (non-hydrogen) atoms. The van der Waals surface area contributed by atoms with Crippen LogP contribution in [-0.4, -0.2) is 43.5 Å². The van der Waals surface area contributed by atoms with Gasteiger partial charge in [-0.1, -0.05) is 33.1 Å². The highest BCUT2D eigenvalue weighted by molar-refractivity contribution is 5.76. The normalized spacial score (nSPS) is 19.8. The molecule has 124 valence electrons. The Morgan fingerprint density at radius 1 is 1.24 bits per heavy atom. The summed E-state index contributed by atoms with van der Waals surface area (Å²) in [5.41, 5.74) is 5.95. The van der Waals surface area contributed by atoms with E-state index in [-0.39, 0.29) is 11.4 Å². The number of nitrogens with two attached hydrogens (primary N) is 1. The first-order chi connectivity index (χ1) is 9.89. The first kappa shape index (κ1) is 18.4. The van der Waals surface area contributed by atoms with E-state index in [1.54, 1.807) is 0 Å². The lowest BCUT2D eigenvalue weighted by Crippen LogP contribution is -2.54. The summed E-state index contributed by atoms with van der Waals surface area (Å²) in [6, 6.07) is 0. The van der Waals surface area contributed by atoms with Gasteiger partial charge in [-0.2, -0.15) is 0 Å². The van der Waals surface area contributed by atoms with Gasteiger partial charge in [0.05, 0.1) is 0 Å². The van der Waals surface area contributed by atoms with Crippen molar-refractivity contribution < 1.29 is 4.79 Å². The van der Waals surface area contributed by atoms with Crippen LogP contribution in [0.25, 0.3) is 0 Å². The van der Waals surface area contributed by atoms with Crippen LogP contribution in [0.5, 0.6) is 0 Å². The molecule has 1 rings (SSSR count). The number of likely N-dealkylation sites (N-methyl/N-ethyl adjacent to an activating group) is 1. The predicted molar refractivity (Wildman–Crippen MR) is 89.1 cm³/mol. The number of carbonyl (C=O) groups excluding carboxylic acids is 1. The maximum absolute atomic E-state index is 12.2. The minimum atomic E-state index is 0.157. The van der Waals surface area contributed by atoms with Gasteiger partial charge in [0, 0.05) is 18.5 Å². The number of rotatable bonds is 8. The Bertz CT molecular complexity index is 309. The summed E-state index contributed by atoms with van der Waals surface area (Å²) >= 11 is 0. The summed E-state index contributed by atoms with van der Waals surface area (Å²) in [6.07, 6.45) is 7.84. The van der Waals surface area contributed by atoms with Crippen LogP contribution in [0.4, 0.5) is 0 Å². The zero-order valence-corrected chi connectivity index (χ0v) is 14.5. The molecule has 1 aliphatic rings.